The first-order valence-corrected chi connectivity index (χ1v) is 4.79. The second kappa shape index (κ2) is 4.13. The van der Waals surface area contributed by atoms with Crippen molar-refractivity contribution in [3.8, 4) is 0 Å². The molecule has 0 bridgehead atoms. The predicted octanol–water partition coefficient (Wildman–Crippen LogP) is 3.08. The summed E-state index contributed by atoms with van der Waals surface area (Å²) in [5.41, 5.74) is 1.75. The highest BCUT2D eigenvalue weighted by molar-refractivity contribution is 6.07. The maximum atomic E-state index is 11.8. The van der Waals surface area contributed by atoms with Gasteiger partial charge in [-0.1, -0.05) is 31.2 Å². The molecule has 0 aliphatic heterocycles. The van der Waals surface area contributed by atoms with Crippen molar-refractivity contribution in [1.29, 1.82) is 0 Å². The van der Waals surface area contributed by atoms with Crippen molar-refractivity contribution in [3.63, 3.8) is 0 Å². The van der Waals surface area contributed by atoms with Crippen LogP contribution >= 0.6 is 0 Å². The van der Waals surface area contributed by atoms with Gasteiger partial charge in [-0.25, -0.2) is 0 Å². The minimum absolute atomic E-state index is 0.0809. The van der Waals surface area contributed by atoms with Crippen LogP contribution in [0.15, 0.2) is 47.1 Å². The first kappa shape index (κ1) is 9.71. The first-order chi connectivity index (χ1) is 7.31. The molecule has 15 heavy (non-hydrogen) atoms. The molecule has 0 saturated heterocycles. The number of rotatable bonds is 3. The molecule has 0 aliphatic rings. The molecule has 2 aromatic rings. The molecule has 0 N–H and O–H groups in total. The van der Waals surface area contributed by atoms with Crippen molar-refractivity contribution in [1.82, 2.24) is 0 Å². The van der Waals surface area contributed by atoms with Crippen molar-refractivity contribution in [2.75, 3.05) is 0 Å². The van der Waals surface area contributed by atoms with Crippen molar-refractivity contribution < 1.29 is 9.21 Å². The molecular weight excluding hydrogens is 188 g/mol. The molecule has 2 heteroatoms. The molecule has 0 saturated carbocycles. The van der Waals surface area contributed by atoms with Gasteiger partial charge in [0.15, 0.2) is 5.76 Å². The van der Waals surface area contributed by atoms with Crippen molar-refractivity contribution in [2.24, 2.45) is 0 Å². The third kappa shape index (κ3) is 1.99. The summed E-state index contributed by atoms with van der Waals surface area (Å²) in [5.74, 6) is 0.297. The molecule has 1 aromatic carbocycles. The van der Waals surface area contributed by atoms with E-state index < -0.39 is 0 Å². The van der Waals surface area contributed by atoms with Crippen LogP contribution in [0.5, 0.6) is 0 Å². The van der Waals surface area contributed by atoms with E-state index in [1.54, 1.807) is 24.3 Å². The molecule has 1 aromatic heterocycles. The van der Waals surface area contributed by atoms with Gasteiger partial charge in [-0.15, -0.1) is 0 Å². The predicted molar refractivity (Wildman–Crippen MR) is 57.7 cm³/mol. The van der Waals surface area contributed by atoms with Crippen molar-refractivity contribution >= 4 is 5.78 Å². The second-order valence-electron chi connectivity index (χ2n) is 3.22. The number of carbonyl (C=O) groups is 1. The van der Waals surface area contributed by atoms with Gasteiger partial charge < -0.3 is 4.42 Å². The minimum Gasteiger partial charge on any atom is -0.461 e. The van der Waals surface area contributed by atoms with Gasteiger partial charge in [0.25, 0.3) is 0 Å². The number of ketones is 1. The summed E-state index contributed by atoms with van der Waals surface area (Å²) in [6, 6.07) is 10.8. The molecule has 0 spiro atoms. The molecule has 0 fully saturated rings. The Bertz CT molecular complexity index is 438. The Balaban J connectivity index is 2.27. The van der Waals surface area contributed by atoms with Crippen LogP contribution in [0.2, 0.25) is 0 Å². The monoisotopic (exact) mass is 199 g/mol. The maximum absolute atomic E-state index is 11.8. The SMILES string of the molecule is C[CH]c1ccc(C(=O)c2ccco2)cc1. The van der Waals surface area contributed by atoms with Gasteiger partial charge in [0.05, 0.1) is 6.26 Å². The van der Waals surface area contributed by atoms with E-state index in [9.17, 15) is 4.79 Å². The van der Waals surface area contributed by atoms with Crippen LogP contribution in [-0.4, -0.2) is 5.78 Å². The van der Waals surface area contributed by atoms with E-state index in [4.69, 9.17) is 4.42 Å². The number of carbonyl (C=O) groups excluding carboxylic acids is 1. The fourth-order valence-electron chi connectivity index (χ4n) is 1.38. The van der Waals surface area contributed by atoms with Crippen LogP contribution in [0.1, 0.15) is 28.6 Å². The van der Waals surface area contributed by atoms with Gasteiger partial charge in [-0.2, -0.15) is 0 Å². The lowest BCUT2D eigenvalue weighted by Crippen LogP contribution is -1.99. The van der Waals surface area contributed by atoms with Crippen molar-refractivity contribution in [2.45, 2.75) is 6.92 Å². The van der Waals surface area contributed by atoms with E-state index in [1.165, 1.54) is 6.26 Å². The Hall–Kier alpha value is -1.83. The van der Waals surface area contributed by atoms with Gasteiger partial charge in [0.1, 0.15) is 0 Å². The lowest BCUT2D eigenvalue weighted by Gasteiger charge is -1.99. The molecule has 0 atom stereocenters. The van der Waals surface area contributed by atoms with E-state index in [0.717, 1.165) is 5.56 Å². The van der Waals surface area contributed by atoms with E-state index in [1.807, 2.05) is 25.5 Å². The Morgan fingerprint density at radius 3 is 2.47 bits per heavy atom. The lowest BCUT2D eigenvalue weighted by atomic mass is 10.1. The van der Waals surface area contributed by atoms with Crippen LogP contribution in [0.3, 0.4) is 0 Å². The van der Waals surface area contributed by atoms with Crippen LogP contribution in [0.25, 0.3) is 0 Å². The van der Waals surface area contributed by atoms with E-state index >= 15 is 0 Å². The second-order valence-corrected chi connectivity index (χ2v) is 3.22. The van der Waals surface area contributed by atoms with Gasteiger partial charge in [-0.05, 0) is 24.1 Å². The molecule has 2 nitrogen and oxygen atoms in total. The highest BCUT2D eigenvalue weighted by Gasteiger charge is 2.10. The summed E-state index contributed by atoms with van der Waals surface area (Å²) in [7, 11) is 0. The molecule has 0 aliphatic carbocycles. The van der Waals surface area contributed by atoms with Gasteiger partial charge in [0.2, 0.25) is 5.78 Å². The number of hydrogen-bond acceptors (Lipinski definition) is 2. The normalized spacial score (nSPS) is 10.2. The smallest absolute Gasteiger partial charge is 0.228 e. The molecular formula is C13H11O2. The fraction of sp³-hybridized carbons (Fsp3) is 0.0769. The summed E-state index contributed by atoms with van der Waals surface area (Å²) in [6.07, 6.45) is 3.49. The number of furan rings is 1. The van der Waals surface area contributed by atoms with E-state index in [-0.39, 0.29) is 5.78 Å². The average Bonchev–Trinajstić information content (AvgIpc) is 2.82. The van der Waals surface area contributed by atoms with Crippen LogP contribution in [0.4, 0.5) is 0 Å². The van der Waals surface area contributed by atoms with E-state index in [0.29, 0.717) is 11.3 Å². The standard InChI is InChI=1S/C13H11O2/c1-2-10-5-7-11(8-6-10)13(14)12-4-3-9-15-12/h2-9H,1H3. The molecule has 2 rings (SSSR count). The summed E-state index contributed by atoms with van der Waals surface area (Å²) in [5, 5.41) is 0. The topological polar surface area (TPSA) is 30.2 Å². The Morgan fingerprint density at radius 2 is 1.93 bits per heavy atom. The average molecular weight is 199 g/mol. The third-order valence-corrected chi connectivity index (χ3v) is 2.25. The van der Waals surface area contributed by atoms with Gasteiger partial charge >= 0.3 is 0 Å². The van der Waals surface area contributed by atoms with Gasteiger partial charge in [0, 0.05) is 5.56 Å². The zero-order valence-corrected chi connectivity index (χ0v) is 8.44. The molecule has 1 heterocycles. The largest absolute Gasteiger partial charge is 0.461 e. The molecule has 1 radical (unpaired) electrons. The zero-order chi connectivity index (χ0) is 10.7. The summed E-state index contributed by atoms with van der Waals surface area (Å²) in [6.45, 7) is 1.96. The minimum atomic E-state index is -0.0809. The number of hydrogen-bond donors (Lipinski definition) is 0. The van der Waals surface area contributed by atoms with Crippen molar-refractivity contribution in [3.05, 3.63) is 66.0 Å². The molecule has 0 amide bonds. The molecule has 75 valence electrons. The summed E-state index contributed by atoms with van der Waals surface area (Å²) < 4.78 is 5.05. The Morgan fingerprint density at radius 1 is 1.20 bits per heavy atom. The van der Waals surface area contributed by atoms with Crippen LogP contribution in [0, 0.1) is 6.42 Å². The Kier molecular flexibility index (Phi) is 2.68. The maximum Gasteiger partial charge on any atom is 0.228 e. The number of benzene rings is 1. The molecule has 0 unspecified atom stereocenters. The van der Waals surface area contributed by atoms with Crippen LogP contribution in [-0.2, 0) is 0 Å². The first-order valence-electron chi connectivity index (χ1n) is 4.79. The Labute approximate surface area is 88.5 Å². The van der Waals surface area contributed by atoms with Crippen LogP contribution < -0.4 is 0 Å². The third-order valence-electron chi connectivity index (χ3n) is 2.25. The van der Waals surface area contributed by atoms with E-state index in [2.05, 4.69) is 0 Å². The fourth-order valence-corrected chi connectivity index (χ4v) is 1.38. The van der Waals surface area contributed by atoms with Gasteiger partial charge in [-0.3, -0.25) is 4.79 Å². The summed E-state index contributed by atoms with van der Waals surface area (Å²) >= 11 is 0. The highest BCUT2D eigenvalue weighted by atomic mass is 16.3. The quantitative estimate of drug-likeness (QED) is 0.711. The lowest BCUT2D eigenvalue weighted by molar-refractivity contribution is 0.101. The summed E-state index contributed by atoms with van der Waals surface area (Å²) in [4.78, 5) is 11.8. The zero-order valence-electron chi connectivity index (χ0n) is 8.44. The highest BCUT2D eigenvalue weighted by Crippen LogP contribution is 2.12.